The molecule has 0 spiro atoms. The number of allylic oxidation sites excluding steroid dienone is 6. The minimum atomic E-state index is -0.456. The van der Waals surface area contributed by atoms with Crippen LogP contribution in [0.25, 0.3) is 5.32 Å². The van der Waals surface area contributed by atoms with E-state index in [4.69, 9.17) is 10.4 Å². The molecule has 1 N–H and O–H groups in total. The van der Waals surface area contributed by atoms with Gasteiger partial charge in [0.25, 0.3) is 0 Å². The van der Waals surface area contributed by atoms with Crippen molar-refractivity contribution in [3.63, 3.8) is 0 Å². The quantitative estimate of drug-likeness (QED) is 0.271. The average Bonchev–Trinajstić information content (AvgIpc) is 2.70. The summed E-state index contributed by atoms with van der Waals surface area (Å²) >= 11 is 0. The third-order valence-electron chi connectivity index (χ3n) is 6.28. The van der Waals surface area contributed by atoms with Crippen LogP contribution >= 0.6 is 0 Å². The van der Waals surface area contributed by atoms with E-state index in [1.165, 1.54) is 5.57 Å². The van der Waals surface area contributed by atoms with Crippen LogP contribution in [0.3, 0.4) is 0 Å². The van der Waals surface area contributed by atoms with E-state index in [-0.39, 0.29) is 74.9 Å². The van der Waals surface area contributed by atoms with Crippen LogP contribution in [-0.2, 0) is 4.79 Å². The summed E-state index contributed by atoms with van der Waals surface area (Å²) in [6, 6.07) is 0. The second-order valence-corrected chi connectivity index (χ2v) is 12.7. The molecular formula is C32H62NO2Rb. The van der Waals surface area contributed by atoms with E-state index >= 15 is 0 Å². The van der Waals surface area contributed by atoms with Crippen molar-refractivity contribution in [1.29, 1.82) is 0 Å². The number of hydrogen-bond acceptors (Lipinski definition) is 2. The first-order chi connectivity index (χ1) is 15.8. The number of carbonyl (C=O) groups excluding carboxylic acids is 1. The summed E-state index contributed by atoms with van der Waals surface area (Å²) in [6.07, 6.45) is 12.2. The predicted molar refractivity (Wildman–Crippen MR) is 159 cm³/mol. The van der Waals surface area contributed by atoms with Crippen LogP contribution in [0.15, 0.2) is 36.0 Å². The van der Waals surface area contributed by atoms with Gasteiger partial charge >= 0.3 is 58.2 Å². The van der Waals surface area contributed by atoms with E-state index in [0.29, 0.717) is 18.4 Å². The minimum absolute atomic E-state index is 0. The molecule has 208 valence electrons. The Kier molecular flexibility index (Phi) is 24.6. The van der Waals surface area contributed by atoms with Gasteiger partial charge in [0.05, 0.1) is 5.91 Å². The number of aliphatic hydroxyl groups is 1. The van der Waals surface area contributed by atoms with E-state index in [1.807, 2.05) is 61.5 Å². The summed E-state index contributed by atoms with van der Waals surface area (Å²) in [7, 11) is 0. The second-order valence-electron chi connectivity index (χ2n) is 12.7. The van der Waals surface area contributed by atoms with Crippen LogP contribution in [-0.4, -0.2) is 23.2 Å². The number of nitrogens with zero attached hydrogens (tertiary/aromatic N) is 1. The van der Waals surface area contributed by atoms with Crippen molar-refractivity contribution in [2.45, 2.75) is 129 Å². The molecule has 4 heteroatoms. The number of aliphatic hydroxyl groups excluding tert-OH is 1. The largest absolute Gasteiger partial charge is 1.00 e. The maximum Gasteiger partial charge on any atom is 1.00 e. The zero-order chi connectivity index (χ0) is 28.7. The number of hydrogen-bond donors (Lipinski definition) is 1. The van der Waals surface area contributed by atoms with Crippen molar-refractivity contribution in [1.82, 2.24) is 0 Å². The van der Waals surface area contributed by atoms with Gasteiger partial charge in [0.1, 0.15) is 0 Å². The molecule has 0 bridgehead atoms. The normalized spacial score (nSPS) is 13.2. The monoisotopic (exact) mass is 577 g/mol. The fraction of sp³-hybridized carbons (Fsp3) is 0.781. The van der Waals surface area contributed by atoms with E-state index < -0.39 is 11.0 Å². The second kappa shape index (κ2) is 20.4. The molecule has 0 fully saturated rings. The average molecular weight is 578 g/mol. The summed E-state index contributed by atoms with van der Waals surface area (Å²) < 4.78 is 0. The Morgan fingerprint density at radius 1 is 0.833 bits per heavy atom. The third-order valence-corrected chi connectivity index (χ3v) is 6.28. The number of rotatable bonds is 11. The Morgan fingerprint density at radius 2 is 1.28 bits per heavy atom. The van der Waals surface area contributed by atoms with Crippen molar-refractivity contribution in [3.8, 4) is 0 Å². The van der Waals surface area contributed by atoms with Gasteiger partial charge < -0.3 is 15.2 Å². The maximum absolute atomic E-state index is 13.1. The van der Waals surface area contributed by atoms with Crippen LogP contribution in [0.5, 0.6) is 0 Å². The fourth-order valence-electron chi connectivity index (χ4n) is 3.95. The Morgan fingerprint density at radius 3 is 1.61 bits per heavy atom. The van der Waals surface area contributed by atoms with E-state index in [9.17, 15) is 4.79 Å². The predicted octanol–water partition coefficient (Wildman–Crippen LogP) is 6.92. The Hall–Kier alpha value is 0.455. The number of amides is 1. The SMILES string of the molecule is CC.CC(C)CO.C\C=C/C=C(\C=C/C)C(C)(C)CC(C)(C)[N-]C(=O)C(C)(C)CC(C)(C)C(C)C.[Rb+]. The van der Waals surface area contributed by atoms with Gasteiger partial charge in [0.15, 0.2) is 0 Å². The van der Waals surface area contributed by atoms with Gasteiger partial charge in [0, 0.05) is 12.0 Å². The summed E-state index contributed by atoms with van der Waals surface area (Å²) in [4.78, 5) is 13.1. The van der Waals surface area contributed by atoms with Crippen LogP contribution in [0.2, 0.25) is 0 Å². The first kappa shape index (κ1) is 43.5. The van der Waals surface area contributed by atoms with Crippen molar-refractivity contribution >= 4 is 5.91 Å². The molecule has 0 radical (unpaired) electrons. The molecule has 36 heavy (non-hydrogen) atoms. The molecule has 0 aromatic carbocycles. The van der Waals surface area contributed by atoms with Crippen LogP contribution < -0.4 is 58.2 Å². The third kappa shape index (κ3) is 19.5. The van der Waals surface area contributed by atoms with E-state index in [2.05, 4.69) is 79.7 Å². The molecule has 0 unspecified atom stereocenters. The molecule has 0 aromatic rings. The standard InChI is InChI=1S/C26H47NO.C4H10O.C2H6.Rb/c1-13-15-17-21(16-14-2)24(7,8)19-26(11,12)27-22(28)25(9,10)18-23(5,6)20(3)4;1-4(2)3-5;1-2;/h13-17,20H,18-19H2,1-12H3,(H,27,28);4-5H,3H2,1-2H3;1-2H3;/q;;;+1/p-1/b15-13-,16-14-,21-17+;;;. The smallest absolute Gasteiger partial charge is 0.648 e. The molecule has 0 saturated carbocycles. The summed E-state index contributed by atoms with van der Waals surface area (Å²) in [6.45, 7) is 34.0. The zero-order valence-electron chi connectivity index (χ0n) is 27.5. The van der Waals surface area contributed by atoms with Crippen molar-refractivity contribution in [2.75, 3.05) is 6.61 Å². The van der Waals surface area contributed by atoms with Gasteiger partial charge in [-0.2, -0.15) is 0 Å². The molecule has 0 aliphatic carbocycles. The minimum Gasteiger partial charge on any atom is -0.648 e. The molecule has 0 heterocycles. The van der Waals surface area contributed by atoms with Gasteiger partial charge in [0.2, 0.25) is 0 Å². The molecule has 1 amide bonds. The van der Waals surface area contributed by atoms with Crippen molar-refractivity contribution in [2.24, 2.45) is 28.1 Å². The Labute approximate surface area is 276 Å². The van der Waals surface area contributed by atoms with Gasteiger partial charge in [-0.25, -0.2) is 0 Å². The molecule has 0 aliphatic heterocycles. The van der Waals surface area contributed by atoms with Gasteiger partial charge in [-0.1, -0.05) is 134 Å². The van der Waals surface area contributed by atoms with Crippen molar-refractivity contribution in [3.05, 3.63) is 41.3 Å². The number of carbonyl (C=O) groups is 1. The zero-order valence-corrected chi connectivity index (χ0v) is 32.4. The van der Waals surface area contributed by atoms with E-state index in [1.54, 1.807) is 0 Å². The topological polar surface area (TPSA) is 51.4 Å². The van der Waals surface area contributed by atoms with Gasteiger partial charge in [-0.05, 0) is 48.5 Å². The van der Waals surface area contributed by atoms with Crippen LogP contribution in [0.4, 0.5) is 0 Å². The van der Waals surface area contributed by atoms with Gasteiger partial charge in [-0.3, -0.25) is 0 Å². The Bertz CT molecular complexity index is 666. The fourth-order valence-corrected chi connectivity index (χ4v) is 3.95. The molecular weight excluding hydrogens is 516 g/mol. The maximum atomic E-state index is 13.1. The molecule has 0 aliphatic rings. The molecule has 0 saturated heterocycles. The first-order valence-electron chi connectivity index (χ1n) is 13.6. The Balaban J connectivity index is -0.000000565. The molecule has 0 rings (SSSR count). The first-order valence-corrected chi connectivity index (χ1v) is 13.6. The van der Waals surface area contributed by atoms with E-state index in [0.717, 1.165) is 12.8 Å². The van der Waals surface area contributed by atoms with Gasteiger partial charge in [-0.15, -0.1) is 5.54 Å². The molecule has 0 atom stereocenters. The van der Waals surface area contributed by atoms with Crippen molar-refractivity contribution < 1.29 is 68.1 Å². The summed E-state index contributed by atoms with van der Waals surface area (Å²) in [5.41, 5.74) is 0.398. The molecule has 0 aromatic heterocycles. The summed E-state index contributed by atoms with van der Waals surface area (Å²) in [5, 5.41) is 12.9. The van der Waals surface area contributed by atoms with Crippen LogP contribution in [0, 0.1) is 28.1 Å². The molecule has 3 nitrogen and oxygen atoms in total. The summed E-state index contributed by atoms with van der Waals surface area (Å²) in [5.74, 6) is 0.980. The van der Waals surface area contributed by atoms with Crippen LogP contribution in [0.1, 0.15) is 124 Å².